The third-order valence-electron chi connectivity index (χ3n) is 4.93. The highest BCUT2D eigenvalue weighted by molar-refractivity contribution is 6.39. The zero-order valence-corrected chi connectivity index (χ0v) is 17.5. The number of rotatable bonds is 6. The Labute approximate surface area is 192 Å². The highest BCUT2D eigenvalue weighted by Crippen LogP contribution is 2.23. The second kappa shape index (κ2) is 9.37. The molecule has 170 valence electrons. The molecule has 0 bridgehead atoms. The smallest absolute Gasteiger partial charge is 0.335 e. The van der Waals surface area contributed by atoms with Crippen LogP contribution in [-0.2, 0) is 16.2 Å². The lowest BCUT2D eigenvalue weighted by molar-refractivity contribution is -0.255. The lowest BCUT2D eigenvalue weighted by atomic mass is 10.1. The number of carboxylic acid groups (broad SMARTS) is 1. The van der Waals surface area contributed by atoms with Crippen LogP contribution in [-0.4, -0.2) is 23.8 Å². The Morgan fingerprint density at radius 1 is 1.00 bits per heavy atom. The van der Waals surface area contributed by atoms with Crippen LogP contribution in [0.4, 0.5) is 14.9 Å². The highest BCUT2D eigenvalue weighted by atomic mass is 19.1. The first-order valence-corrected chi connectivity index (χ1v) is 10.0. The summed E-state index contributed by atoms with van der Waals surface area (Å²) in [5, 5.41) is 13.0. The van der Waals surface area contributed by atoms with Crippen molar-refractivity contribution in [2.24, 2.45) is 0 Å². The van der Waals surface area contributed by atoms with E-state index in [1.54, 1.807) is 36.4 Å². The van der Waals surface area contributed by atoms with E-state index in [0.29, 0.717) is 21.8 Å². The number of aromatic carboxylic acids is 1. The van der Waals surface area contributed by atoms with E-state index in [4.69, 9.17) is 4.74 Å². The SMILES string of the molecule is O=C1NC(=O)N(c2cccc(F)c2)C(=O)/C1=C/c1ccc(OCc2cccc(C(=O)[O-])c2)cc1. The van der Waals surface area contributed by atoms with Crippen LogP contribution in [0.2, 0.25) is 0 Å². The van der Waals surface area contributed by atoms with E-state index in [-0.39, 0.29) is 23.4 Å². The van der Waals surface area contributed by atoms with Gasteiger partial charge in [0, 0.05) is 0 Å². The summed E-state index contributed by atoms with van der Waals surface area (Å²) in [4.78, 5) is 49.0. The first-order chi connectivity index (χ1) is 16.3. The molecule has 1 fully saturated rings. The first-order valence-electron chi connectivity index (χ1n) is 10.0. The normalized spacial score (nSPS) is 14.8. The van der Waals surface area contributed by atoms with E-state index in [1.807, 2.05) is 0 Å². The minimum absolute atomic E-state index is 0.00704. The molecule has 0 spiro atoms. The summed E-state index contributed by atoms with van der Waals surface area (Å²) < 4.78 is 19.2. The van der Waals surface area contributed by atoms with Crippen molar-refractivity contribution in [2.45, 2.75) is 6.61 Å². The van der Waals surface area contributed by atoms with Gasteiger partial charge in [0.15, 0.2) is 0 Å². The van der Waals surface area contributed by atoms with Gasteiger partial charge in [-0.15, -0.1) is 0 Å². The maximum Gasteiger partial charge on any atom is 0.335 e. The number of urea groups is 1. The number of nitrogens with one attached hydrogen (secondary N) is 1. The molecule has 0 atom stereocenters. The summed E-state index contributed by atoms with van der Waals surface area (Å²) in [6.07, 6.45) is 1.31. The Kier molecular flexibility index (Phi) is 6.18. The summed E-state index contributed by atoms with van der Waals surface area (Å²) >= 11 is 0. The van der Waals surface area contributed by atoms with Gasteiger partial charge in [0.1, 0.15) is 23.7 Å². The molecule has 1 N–H and O–H groups in total. The first kappa shape index (κ1) is 22.4. The fourth-order valence-corrected chi connectivity index (χ4v) is 3.29. The molecule has 0 saturated carbocycles. The van der Waals surface area contributed by atoms with Crippen molar-refractivity contribution in [1.82, 2.24) is 5.32 Å². The van der Waals surface area contributed by atoms with Gasteiger partial charge in [0.2, 0.25) is 0 Å². The molecule has 8 nitrogen and oxygen atoms in total. The summed E-state index contributed by atoms with van der Waals surface area (Å²) in [6, 6.07) is 16.5. The minimum Gasteiger partial charge on any atom is -0.545 e. The van der Waals surface area contributed by atoms with Crippen molar-refractivity contribution >= 4 is 35.6 Å². The lowest BCUT2D eigenvalue weighted by Gasteiger charge is -2.26. The summed E-state index contributed by atoms with van der Waals surface area (Å²) in [6.45, 7) is 0.118. The number of ether oxygens (including phenoxy) is 1. The van der Waals surface area contributed by atoms with E-state index in [9.17, 15) is 28.7 Å². The molecule has 3 aromatic carbocycles. The second-order valence-electron chi connectivity index (χ2n) is 7.28. The predicted molar refractivity (Wildman–Crippen MR) is 117 cm³/mol. The third-order valence-corrected chi connectivity index (χ3v) is 4.93. The Morgan fingerprint density at radius 3 is 2.44 bits per heavy atom. The number of anilines is 1. The number of amides is 4. The summed E-state index contributed by atoms with van der Waals surface area (Å²) in [5.74, 6) is -3.19. The van der Waals surface area contributed by atoms with E-state index in [0.717, 1.165) is 6.07 Å². The number of hydrogen-bond acceptors (Lipinski definition) is 6. The lowest BCUT2D eigenvalue weighted by Crippen LogP contribution is -2.54. The van der Waals surface area contributed by atoms with Crippen LogP contribution in [0.3, 0.4) is 0 Å². The molecule has 9 heteroatoms. The van der Waals surface area contributed by atoms with Crippen LogP contribution in [0.15, 0.2) is 78.4 Å². The van der Waals surface area contributed by atoms with Crippen molar-refractivity contribution < 1.29 is 33.4 Å². The molecule has 1 heterocycles. The number of imide groups is 2. The van der Waals surface area contributed by atoms with E-state index in [1.165, 1.54) is 36.4 Å². The van der Waals surface area contributed by atoms with Crippen LogP contribution in [0.1, 0.15) is 21.5 Å². The average Bonchev–Trinajstić information content (AvgIpc) is 2.81. The molecular formula is C25H16FN2O6-. The number of nitrogens with zero attached hydrogens (tertiary/aromatic N) is 1. The monoisotopic (exact) mass is 459 g/mol. The summed E-state index contributed by atoms with van der Waals surface area (Å²) in [7, 11) is 0. The van der Waals surface area contributed by atoms with Crippen LogP contribution < -0.4 is 20.1 Å². The van der Waals surface area contributed by atoms with Crippen LogP contribution in [0.25, 0.3) is 6.08 Å². The van der Waals surface area contributed by atoms with Crippen molar-refractivity contribution in [3.8, 4) is 5.75 Å². The van der Waals surface area contributed by atoms with E-state index in [2.05, 4.69) is 5.32 Å². The van der Waals surface area contributed by atoms with Gasteiger partial charge >= 0.3 is 6.03 Å². The van der Waals surface area contributed by atoms with Gasteiger partial charge in [-0.2, -0.15) is 0 Å². The molecule has 1 aliphatic rings. The topological polar surface area (TPSA) is 116 Å². The van der Waals surface area contributed by atoms with Gasteiger partial charge in [-0.3, -0.25) is 14.9 Å². The predicted octanol–water partition coefficient (Wildman–Crippen LogP) is 2.43. The molecule has 3 aromatic rings. The quantitative estimate of drug-likeness (QED) is 0.447. The van der Waals surface area contributed by atoms with Gasteiger partial charge in [0.05, 0.1) is 11.7 Å². The molecule has 1 aliphatic heterocycles. The van der Waals surface area contributed by atoms with Gasteiger partial charge in [0.25, 0.3) is 11.8 Å². The van der Waals surface area contributed by atoms with Gasteiger partial charge in [-0.05, 0) is 59.2 Å². The Bertz CT molecular complexity index is 1330. The van der Waals surface area contributed by atoms with E-state index >= 15 is 0 Å². The number of carbonyl (C=O) groups is 4. The number of halogens is 1. The molecule has 0 unspecified atom stereocenters. The number of carboxylic acids is 1. The Hall–Kier alpha value is -4.79. The number of hydrogen-bond donors (Lipinski definition) is 1. The fraction of sp³-hybridized carbons (Fsp3) is 0.0400. The van der Waals surface area contributed by atoms with Crippen LogP contribution in [0.5, 0.6) is 5.75 Å². The molecular weight excluding hydrogens is 443 g/mol. The van der Waals surface area contributed by atoms with Crippen molar-refractivity contribution in [1.29, 1.82) is 0 Å². The standard InChI is InChI=1S/C25H17FN2O6/c26-18-5-2-6-19(13-18)28-23(30)21(22(29)27-25(28)33)12-15-7-9-20(10-8-15)34-14-16-3-1-4-17(11-16)24(31)32/h1-13H,14H2,(H,31,32)(H,27,29,33)/p-1/b21-12+. The Balaban J connectivity index is 1.50. The fourth-order valence-electron chi connectivity index (χ4n) is 3.29. The minimum atomic E-state index is -1.28. The van der Waals surface area contributed by atoms with Crippen LogP contribution in [0, 0.1) is 5.82 Å². The maximum atomic E-state index is 13.6. The molecule has 4 rings (SSSR count). The Morgan fingerprint density at radius 2 is 1.74 bits per heavy atom. The van der Waals surface area contributed by atoms with Crippen molar-refractivity contribution in [3.05, 3.63) is 101 Å². The maximum absolute atomic E-state index is 13.6. The second-order valence-corrected chi connectivity index (χ2v) is 7.28. The molecule has 1 saturated heterocycles. The molecule has 4 amide bonds. The highest BCUT2D eigenvalue weighted by Gasteiger charge is 2.36. The molecule has 0 aromatic heterocycles. The van der Waals surface area contributed by atoms with Crippen molar-refractivity contribution in [3.63, 3.8) is 0 Å². The van der Waals surface area contributed by atoms with E-state index < -0.39 is 29.6 Å². The van der Waals surface area contributed by atoms with Crippen LogP contribution >= 0.6 is 0 Å². The molecule has 0 radical (unpaired) electrons. The third kappa shape index (κ3) is 4.83. The number of benzene rings is 3. The largest absolute Gasteiger partial charge is 0.545 e. The zero-order chi connectivity index (χ0) is 24.2. The summed E-state index contributed by atoms with van der Waals surface area (Å²) in [5.41, 5.74) is 0.867. The number of carbonyl (C=O) groups excluding carboxylic acids is 4. The zero-order valence-electron chi connectivity index (χ0n) is 17.5. The van der Waals surface area contributed by atoms with Gasteiger partial charge in [-0.1, -0.05) is 36.4 Å². The average molecular weight is 459 g/mol. The van der Waals surface area contributed by atoms with Gasteiger partial charge in [-0.25, -0.2) is 14.1 Å². The van der Waals surface area contributed by atoms with Gasteiger partial charge < -0.3 is 14.6 Å². The molecule has 0 aliphatic carbocycles. The number of barbiturate groups is 1. The molecule has 34 heavy (non-hydrogen) atoms. The van der Waals surface area contributed by atoms with Crippen molar-refractivity contribution in [2.75, 3.05) is 4.90 Å².